The van der Waals surface area contributed by atoms with Crippen LogP contribution in [-0.2, 0) is 0 Å². The van der Waals surface area contributed by atoms with Gasteiger partial charge in [0.05, 0.1) is 6.04 Å². The van der Waals surface area contributed by atoms with Crippen molar-refractivity contribution in [2.45, 2.75) is 19.9 Å². The fourth-order valence-corrected chi connectivity index (χ4v) is 2.27. The maximum Gasteiger partial charge on any atom is 0.126 e. The minimum absolute atomic E-state index is 0.123. The first kappa shape index (κ1) is 9.49. The van der Waals surface area contributed by atoms with Gasteiger partial charge in [-0.05, 0) is 38.1 Å². The lowest BCUT2D eigenvalue weighted by molar-refractivity contribution is 0.468. The van der Waals surface area contributed by atoms with Crippen LogP contribution in [0, 0.1) is 13.8 Å². The fourth-order valence-electron chi connectivity index (χ4n) is 1.38. The molecule has 0 saturated carbocycles. The molecule has 2 aromatic heterocycles. The quantitative estimate of drug-likeness (QED) is 0.822. The Labute approximate surface area is 87.4 Å². The lowest BCUT2D eigenvalue weighted by atomic mass is 10.2. The molecule has 2 heterocycles. The predicted octanol–water partition coefficient (Wildman–Crippen LogP) is 3.01. The molecule has 0 bridgehead atoms. The third kappa shape index (κ3) is 1.74. The van der Waals surface area contributed by atoms with Crippen LogP contribution in [-0.4, -0.2) is 0 Å². The van der Waals surface area contributed by atoms with E-state index >= 15 is 0 Å². The Morgan fingerprint density at radius 3 is 2.50 bits per heavy atom. The summed E-state index contributed by atoms with van der Waals surface area (Å²) < 4.78 is 5.49. The van der Waals surface area contributed by atoms with Crippen molar-refractivity contribution in [2.24, 2.45) is 5.73 Å². The number of nitrogens with two attached hydrogens (primary N) is 1. The van der Waals surface area contributed by atoms with E-state index in [0.717, 1.165) is 16.4 Å². The van der Waals surface area contributed by atoms with Gasteiger partial charge in [-0.1, -0.05) is 0 Å². The van der Waals surface area contributed by atoms with Crippen molar-refractivity contribution in [3.8, 4) is 0 Å². The maximum absolute atomic E-state index is 6.06. The Balaban J connectivity index is 2.28. The molecule has 0 spiro atoms. The average molecular weight is 207 g/mol. The molecule has 2 nitrogen and oxygen atoms in total. The number of furan rings is 1. The zero-order chi connectivity index (χ0) is 10.1. The van der Waals surface area contributed by atoms with Gasteiger partial charge in [0.25, 0.3) is 0 Å². The van der Waals surface area contributed by atoms with Crippen molar-refractivity contribution in [3.05, 3.63) is 45.5 Å². The van der Waals surface area contributed by atoms with Gasteiger partial charge in [0.15, 0.2) is 0 Å². The number of hydrogen-bond donors (Lipinski definition) is 1. The molecule has 0 saturated heterocycles. The van der Waals surface area contributed by atoms with Crippen molar-refractivity contribution in [1.29, 1.82) is 0 Å². The van der Waals surface area contributed by atoms with Crippen molar-refractivity contribution >= 4 is 11.3 Å². The molecule has 2 N–H and O–H groups in total. The van der Waals surface area contributed by atoms with E-state index in [1.54, 1.807) is 11.3 Å². The summed E-state index contributed by atoms with van der Waals surface area (Å²) in [6.07, 6.45) is 0. The van der Waals surface area contributed by atoms with Gasteiger partial charge < -0.3 is 10.2 Å². The summed E-state index contributed by atoms with van der Waals surface area (Å²) in [5.41, 5.74) is 6.06. The summed E-state index contributed by atoms with van der Waals surface area (Å²) in [7, 11) is 0. The molecular weight excluding hydrogens is 194 g/mol. The maximum atomic E-state index is 6.06. The zero-order valence-corrected chi connectivity index (χ0v) is 9.10. The smallest absolute Gasteiger partial charge is 0.126 e. The average Bonchev–Trinajstić information content (AvgIpc) is 2.73. The van der Waals surface area contributed by atoms with E-state index in [9.17, 15) is 0 Å². The van der Waals surface area contributed by atoms with E-state index in [1.807, 2.05) is 19.1 Å². The Bertz CT molecular complexity index is 390. The van der Waals surface area contributed by atoms with Crippen molar-refractivity contribution < 1.29 is 4.42 Å². The van der Waals surface area contributed by atoms with Gasteiger partial charge in [-0.15, -0.1) is 11.3 Å². The second kappa shape index (κ2) is 3.59. The lowest BCUT2D eigenvalue weighted by Crippen LogP contribution is -2.08. The zero-order valence-electron chi connectivity index (χ0n) is 8.28. The lowest BCUT2D eigenvalue weighted by Gasteiger charge is -2.04. The van der Waals surface area contributed by atoms with E-state index in [0.29, 0.717) is 0 Å². The molecular formula is C11H13NOS. The Hall–Kier alpha value is -1.06. The molecule has 0 amide bonds. The van der Waals surface area contributed by atoms with Crippen LogP contribution in [0.4, 0.5) is 0 Å². The largest absolute Gasteiger partial charge is 0.464 e. The molecule has 0 aliphatic heterocycles. The van der Waals surface area contributed by atoms with Crippen LogP contribution in [0.15, 0.2) is 28.7 Å². The first-order chi connectivity index (χ1) is 6.66. The molecule has 74 valence electrons. The highest BCUT2D eigenvalue weighted by atomic mass is 32.1. The molecule has 3 heteroatoms. The minimum atomic E-state index is -0.123. The number of hydrogen-bond acceptors (Lipinski definition) is 3. The Morgan fingerprint density at radius 2 is 2.00 bits per heavy atom. The summed E-state index contributed by atoms with van der Waals surface area (Å²) in [6, 6.07) is 7.89. The minimum Gasteiger partial charge on any atom is -0.464 e. The molecule has 1 unspecified atom stereocenters. The molecule has 0 fully saturated rings. The van der Waals surface area contributed by atoms with E-state index in [2.05, 4.69) is 19.1 Å². The highest BCUT2D eigenvalue weighted by Crippen LogP contribution is 2.27. The molecule has 1 atom stereocenters. The van der Waals surface area contributed by atoms with Crippen LogP contribution in [0.25, 0.3) is 0 Å². The second-order valence-electron chi connectivity index (χ2n) is 3.37. The third-order valence-electron chi connectivity index (χ3n) is 2.14. The van der Waals surface area contributed by atoms with Gasteiger partial charge in [-0.3, -0.25) is 0 Å². The summed E-state index contributed by atoms with van der Waals surface area (Å²) in [5, 5.41) is 0. The van der Waals surface area contributed by atoms with Crippen LogP contribution < -0.4 is 5.73 Å². The summed E-state index contributed by atoms with van der Waals surface area (Å²) in [6.45, 7) is 4.00. The van der Waals surface area contributed by atoms with E-state index < -0.39 is 0 Å². The van der Waals surface area contributed by atoms with Gasteiger partial charge in [0.1, 0.15) is 11.5 Å². The van der Waals surface area contributed by atoms with E-state index in [1.165, 1.54) is 4.88 Å². The molecule has 0 aromatic carbocycles. The SMILES string of the molecule is Cc1ccc(C(N)c2ccc(C)s2)o1. The summed E-state index contributed by atoms with van der Waals surface area (Å²) in [5.74, 6) is 1.74. The van der Waals surface area contributed by atoms with Gasteiger partial charge in [0, 0.05) is 9.75 Å². The molecule has 0 aliphatic carbocycles. The third-order valence-corrected chi connectivity index (χ3v) is 3.22. The number of rotatable bonds is 2. The Morgan fingerprint density at radius 1 is 1.21 bits per heavy atom. The van der Waals surface area contributed by atoms with Crippen molar-refractivity contribution in [1.82, 2.24) is 0 Å². The standard InChI is InChI=1S/C11H13NOS/c1-7-3-5-9(13-7)11(12)10-6-4-8(2)14-10/h3-6,11H,12H2,1-2H3. The Kier molecular flexibility index (Phi) is 2.44. The van der Waals surface area contributed by atoms with Crippen LogP contribution >= 0.6 is 11.3 Å². The summed E-state index contributed by atoms with van der Waals surface area (Å²) >= 11 is 1.71. The highest BCUT2D eigenvalue weighted by Gasteiger charge is 2.13. The molecule has 2 rings (SSSR count). The second-order valence-corrected chi connectivity index (χ2v) is 4.69. The first-order valence-corrected chi connectivity index (χ1v) is 5.37. The van der Waals surface area contributed by atoms with Gasteiger partial charge >= 0.3 is 0 Å². The van der Waals surface area contributed by atoms with Crippen molar-refractivity contribution in [3.63, 3.8) is 0 Å². The normalized spacial score (nSPS) is 13.1. The summed E-state index contributed by atoms with van der Waals surface area (Å²) in [4.78, 5) is 2.43. The topological polar surface area (TPSA) is 39.2 Å². The van der Waals surface area contributed by atoms with Crippen LogP contribution in [0.2, 0.25) is 0 Å². The highest BCUT2D eigenvalue weighted by molar-refractivity contribution is 7.12. The fraction of sp³-hybridized carbons (Fsp3) is 0.273. The number of aryl methyl sites for hydroxylation is 2. The number of thiophene rings is 1. The molecule has 2 aromatic rings. The van der Waals surface area contributed by atoms with Crippen molar-refractivity contribution in [2.75, 3.05) is 0 Å². The van der Waals surface area contributed by atoms with E-state index in [4.69, 9.17) is 10.2 Å². The van der Waals surface area contributed by atoms with Gasteiger partial charge in [0.2, 0.25) is 0 Å². The van der Waals surface area contributed by atoms with Crippen LogP contribution in [0.1, 0.15) is 27.3 Å². The van der Waals surface area contributed by atoms with E-state index in [-0.39, 0.29) is 6.04 Å². The molecule has 14 heavy (non-hydrogen) atoms. The van der Waals surface area contributed by atoms with Gasteiger partial charge in [-0.2, -0.15) is 0 Å². The molecule has 0 aliphatic rings. The monoisotopic (exact) mass is 207 g/mol. The molecule has 0 radical (unpaired) electrons. The predicted molar refractivity (Wildman–Crippen MR) is 58.5 cm³/mol. The first-order valence-electron chi connectivity index (χ1n) is 4.55. The van der Waals surface area contributed by atoms with Crippen LogP contribution in [0.5, 0.6) is 0 Å². The van der Waals surface area contributed by atoms with Crippen LogP contribution in [0.3, 0.4) is 0 Å². The van der Waals surface area contributed by atoms with Gasteiger partial charge in [-0.25, -0.2) is 0 Å².